The van der Waals surface area contributed by atoms with Gasteiger partial charge in [0.2, 0.25) is 5.01 Å². The van der Waals surface area contributed by atoms with Gasteiger partial charge in [0.25, 0.3) is 0 Å². The van der Waals surface area contributed by atoms with Gasteiger partial charge in [0.1, 0.15) is 0 Å². The minimum atomic E-state index is -0.990. The fourth-order valence-electron chi connectivity index (χ4n) is 2.21. The average Bonchev–Trinajstić information content (AvgIpc) is 2.81. The van der Waals surface area contributed by atoms with Crippen LogP contribution < -0.4 is 0 Å². The molecule has 0 spiro atoms. The van der Waals surface area contributed by atoms with Crippen molar-refractivity contribution in [2.24, 2.45) is 5.41 Å². The van der Waals surface area contributed by atoms with Crippen molar-refractivity contribution in [3.8, 4) is 0 Å². The van der Waals surface area contributed by atoms with E-state index in [9.17, 15) is 4.79 Å². The molecule has 2 rings (SSSR count). The smallest absolute Gasteiger partial charge is 0.366 e. The highest BCUT2D eigenvalue weighted by molar-refractivity contribution is 7.07. The molecule has 100 valence electrons. The Balaban J connectivity index is 1.89. The molecule has 0 radical (unpaired) electrons. The maximum absolute atomic E-state index is 10.7. The molecule has 18 heavy (non-hydrogen) atoms. The molecule has 0 aromatic carbocycles. The Labute approximate surface area is 111 Å². The van der Waals surface area contributed by atoms with E-state index in [2.05, 4.69) is 28.1 Å². The predicted molar refractivity (Wildman–Crippen MR) is 69.8 cm³/mol. The van der Waals surface area contributed by atoms with Crippen molar-refractivity contribution in [1.82, 2.24) is 14.3 Å². The van der Waals surface area contributed by atoms with Gasteiger partial charge in [-0.25, -0.2) is 9.78 Å². The molecule has 2 heterocycles. The van der Waals surface area contributed by atoms with Gasteiger partial charge in [-0.1, -0.05) is 20.3 Å². The van der Waals surface area contributed by atoms with E-state index in [0.29, 0.717) is 17.8 Å². The molecule has 5 nitrogen and oxygen atoms in total. The Hall–Kier alpha value is -1.01. The summed E-state index contributed by atoms with van der Waals surface area (Å²) in [7, 11) is 0. The molecule has 0 saturated carbocycles. The second kappa shape index (κ2) is 5.32. The number of nitrogens with zero attached hydrogens (tertiary/aromatic N) is 3. The van der Waals surface area contributed by atoms with Gasteiger partial charge in [-0.2, -0.15) is 4.37 Å². The molecular weight excluding hydrogens is 250 g/mol. The van der Waals surface area contributed by atoms with Gasteiger partial charge < -0.3 is 5.11 Å². The number of rotatable bonds is 4. The topological polar surface area (TPSA) is 66.3 Å². The van der Waals surface area contributed by atoms with Crippen LogP contribution in [0.5, 0.6) is 0 Å². The summed E-state index contributed by atoms with van der Waals surface area (Å²) in [5.41, 5.74) is 0.470. The molecule has 1 saturated heterocycles. The van der Waals surface area contributed by atoms with Gasteiger partial charge in [0.05, 0.1) is 6.54 Å². The van der Waals surface area contributed by atoms with Gasteiger partial charge in [-0.05, 0) is 42.9 Å². The lowest BCUT2D eigenvalue weighted by molar-refractivity contribution is 0.0695. The fraction of sp³-hybridized carbons (Fsp3) is 0.750. The Morgan fingerprint density at radius 2 is 2.17 bits per heavy atom. The highest BCUT2D eigenvalue weighted by Gasteiger charge is 2.28. The molecule has 0 bridgehead atoms. The molecular formula is C12H19N3O2S. The van der Waals surface area contributed by atoms with Crippen molar-refractivity contribution in [2.75, 3.05) is 13.1 Å². The standard InChI is InChI=1S/C12H19N3O2S/c1-3-12(2)4-6-15(7-5-12)8-9-13-10(11(16)17)18-14-9/h3-8H2,1-2H3,(H,16,17). The summed E-state index contributed by atoms with van der Waals surface area (Å²) in [6.45, 7) is 7.35. The number of piperidine rings is 1. The second-order valence-corrected chi connectivity index (χ2v) is 6.01. The minimum Gasteiger partial charge on any atom is -0.476 e. The third kappa shape index (κ3) is 3.05. The van der Waals surface area contributed by atoms with Crippen molar-refractivity contribution in [3.05, 3.63) is 10.8 Å². The number of carboxylic acid groups (broad SMARTS) is 1. The maximum atomic E-state index is 10.7. The molecule has 1 N–H and O–H groups in total. The van der Waals surface area contributed by atoms with Gasteiger partial charge >= 0.3 is 5.97 Å². The number of carboxylic acids is 1. The highest BCUT2D eigenvalue weighted by Crippen LogP contribution is 2.34. The summed E-state index contributed by atoms with van der Waals surface area (Å²) in [5.74, 6) is -0.353. The first-order valence-electron chi connectivity index (χ1n) is 6.31. The van der Waals surface area contributed by atoms with Gasteiger partial charge in [0, 0.05) is 0 Å². The van der Waals surface area contributed by atoms with E-state index in [0.717, 1.165) is 24.6 Å². The van der Waals surface area contributed by atoms with Crippen LogP contribution in [-0.2, 0) is 6.54 Å². The Kier molecular flexibility index (Phi) is 3.97. The Morgan fingerprint density at radius 1 is 1.50 bits per heavy atom. The van der Waals surface area contributed by atoms with Crippen LogP contribution in [-0.4, -0.2) is 38.4 Å². The highest BCUT2D eigenvalue weighted by atomic mass is 32.1. The molecule has 1 aliphatic heterocycles. The van der Waals surface area contributed by atoms with Crippen LogP contribution in [0.1, 0.15) is 48.7 Å². The molecule has 0 unspecified atom stereocenters. The first kappa shape index (κ1) is 13.4. The van der Waals surface area contributed by atoms with Crippen LogP contribution >= 0.6 is 11.5 Å². The minimum absolute atomic E-state index is 0.0837. The van der Waals surface area contributed by atoms with Crippen LogP contribution in [0.3, 0.4) is 0 Å². The van der Waals surface area contributed by atoms with E-state index in [1.54, 1.807) is 0 Å². The summed E-state index contributed by atoms with van der Waals surface area (Å²) in [6, 6.07) is 0. The fourth-order valence-corrected chi connectivity index (χ4v) is 2.72. The number of aromatic nitrogens is 2. The SMILES string of the molecule is CCC1(C)CCN(Cc2nsc(C(=O)O)n2)CC1. The molecule has 6 heteroatoms. The van der Waals surface area contributed by atoms with Crippen molar-refractivity contribution in [2.45, 2.75) is 39.7 Å². The van der Waals surface area contributed by atoms with Crippen LogP contribution in [0.2, 0.25) is 0 Å². The number of likely N-dealkylation sites (tertiary alicyclic amines) is 1. The van der Waals surface area contributed by atoms with Crippen molar-refractivity contribution in [1.29, 1.82) is 0 Å². The monoisotopic (exact) mass is 269 g/mol. The van der Waals surface area contributed by atoms with E-state index in [4.69, 9.17) is 5.11 Å². The number of hydrogen-bond donors (Lipinski definition) is 1. The zero-order valence-electron chi connectivity index (χ0n) is 10.8. The van der Waals surface area contributed by atoms with E-state index in [-0.39, 0.29) is 5.01 Å². The van der Waals surface area contributed by atoms with E-state index >= 15 is 0 Å². The molecule has 1 aromatic rings. The molecule has 1 fully saturated rings. The van der Waals surface area contributed by atoms with Crippen molar-refractivity contribution in [3.63, 3.8) is 0 Å². The third-order valence-corrected chi connectivity index (χ3v) is 4.67. The summed E-state index contributed by atoms with van der Waals surface area (Å²) < 4.78 is 4.10. The maximum Gasteiger partial charge on any atom is 0.366 e. The van der Waals surface area contributed by atoms with Crippen LogP contribution in [0, 0.1) is 5.41 Å². The summed E-state index contributed by atoms with van der Waals surface area (Å²) in [6.07, 6.45) is 3.61. The molecule has 0 aliphatic carbocycles. The van der Waals surface area contributed by atoms with Crippen molar-refractivity contribution < 1.29 is 9.90 Å². The molecule has 1 aliphatic rings. The molecule has 1 aromatic heterocycles. The third-order valence-electron chi connectivity index (χ3n) is 3.93. The Bertz CT molecular complexity index is 425. The van der Waals surface area contributed by atoms with E-state index < -0.39 is 5.97 Å². The first-order chi connectivity index (χ1) is 8.52. The quantitative estimate of drug-likeness (QED) is 0.908. The van der Waals surface area contributed by atoms with Gasteiger partial charge in [0.15, 0.2) is 5.82 Å². The number of aromatic carboxylic acids is 1. The van der Waals surface area contributed by atoms with Crippen LogP contribution in [0.25, 0.3) is 0 Å². The summed E-state index contributed by atoms with van der Waals surface area (Å²) in [4.78, 5) is 17.1. The lowest BCUT2D eigenvalue weighted by atomic mass is 9.78. The largest absolute Gasteiger partial charge is 0.476 e. The van der Waals surface area contributed by atoms with Crippen LogP contribution in [0.4, 0.5) is 0 Å². The Morgan fingerprint density at radius 3 is 2.67 bits per heavy atom. The number of carbonyl (C=O) groups is 1. The van der Waals surface area contributed by atoms with E-state index in [1.165, 1.54) is 19.3 Å². The predicted octanol–water partition coefficient (Wildman–Crippen LogP) is 2.25. The van der Waals surface area contributed by atoms with Gasteiger partial charge in [-0.3, -0.25) is 4.90 Å². The zero-order valence-corrected chi connectivity index (χ0v) is 11.7. The first-order valence-corrected chi connectivity index (χ1v) is 7.08. The molecule has 0 atom stereocenters. The second-order valence-electron chi connectivity index (χ2n) is 5.26. The lowest BCUT2D eigenvalue weighted by Gasteiger charge is -2.38. The van der Waals surface area contributed by atoms with E-state index in [1.807, 2.05) is 0 Å². The summed E-state index contributed by atoms with van der Waals surface area (Å²) >= 11 is 0.963. The summed E-state index contributed by atoms with van der Waals surface area (Å²) in [5, 5.41) is 8.88. The molecule has 0 amide bonds. The lowest BCUT2D eigenvalue weighted by Crippen LogP contribution is -2.38. The normalized spacial score (nSPS) is 19.9. The van der Waals surface area contributed by atoms with Crippen LogP contribution in [0.15, 0.2) is 0 Å². The van der Waals surface area contributed by atoms with Crippen molar-refractivity contribution >= 4 is 17.5 Å². The number of hydrogen-bond acceptors (Lipinski definition) is 5. The average molecular weight is 269 g/mol. The zero-order chi connectivity index (χ0) is 13.2. The van der Waals surface area contributed by atoms with Gasteiger partial charge in [-0.15, -0.1) is 0 Å².